The molecule has 0 aromatic carbocycles. The number of rotatable bonds is 6. The van der Waals surface area contributed by atoms with Crippen LogP contribution < -0.4 is 10.6 Å². The van der Waals surface area contributed by atoms with Crippen molar-refractivity contribution in [1.29, 1.82) is 0 Å². The molecule has 21 heavy (non-hydrogen) atoms. The van der Waals surface area contributed by atoms with Crippen LogP contribution >= 0.6 is 0 Å². The lowest BCUT2D eigenvalue weighted by Gasteiger charge is -2.43. The predicted molar refractivity (Wildman–Crippen MR) is 86.1 cm³/mol. The second-order valence-corrected chi connectivity index (χ2v) is 6.36. The second kappa shape index (κ2) is 6.46. The first-order chi connectivity index (χ1) is 10.3. The number of hydrogen-bond acceptors (Lipinski definition) is 2. The average molecular weight is 286 g/mol. The van der Waals surface area contributed by atoms with E-state index in [2.05, 4.69) is 27.5 Å². The summed E-state index contributed by atoms with van der Waals surface area (Å²) in [5, 5.41) is 6.91. The summed E-state index contributed by atoms with van der Waals surface area (Å²) in [5.74, 6) is 1.90. The Morgan fingerprint density at radius 1 is 1.33 bits per heavy atom. The SMILES string of the molecule is CCNC(=NCc1ccccn1)NCC1(C2CC2)CCC1. The van der Waals surface area contributed by atoms with Crippen molar-refractivity contribution in [3.05, 3.63) is 30.1 Å². The molecule has 0 atom stereocenters. The molecule has 4 heteroatoms. The van der Waals surface area contributed by atoms with Crippen LogP contribution in [0.15, 0.2) is 29.4 Å². The zero-order valence-electron chi connectivity index (χ0n) is 12.9. The molecule has 114 valence electrons. The highest BCUT2D eigenvalue weighted by molar-refractivity contribution is 5.79. The van der Waals surface area contributed by atoms with E-state index in [1.54, 1.807) is 0 Å². The van der Waals surface area contributed by atoms with Crippen LogP contribution in [0.4, 0.5) is 0 Å². The van der Waals surface area contributed by atoms with Crippen molar-refractivity contribution < 1.29 is 0 Å². The fourth-order valence-corrected chi connectivity index (χ4v) is 3.31. The number of aliphatic imine (C=N–C) groups is 1. The summed E-state index contributed by atoms with van der Waals surface area (Å²) < 4.78 is 0. The van der Waals surface area contributed by atoms with Gasteiger partial charge in [-0.3, -0.25) is 4.98 Å². The molecule has 4 nitrogen and oxygen atoms in total. The third kappa shape index (κ3) is 3.55. The van der Waals surface area contributed by atoms with Gasteiger partial charge < -0.3 is 10.6 Å². The van der Waals surface area contributed by atoms with Crippen LogP contribution in [-0.2, 0) is 6.54 Å². The smallest absolute Gasteiger partial charge is 0.191 e. The third-order valence-corrected chi connectivity index (χ3v) is 4.87. The number of pyridine rings is 1. The van der Waals surface area contributed by atoms with E-state index in [1.807, 2.05) is 24.4 Å². The lowest BCUT2D eigenvalue weighted by atomic mass is 9.65. The van der Waals surface area contributed by atoms with E-state index in [1.165, 1.54) is 32.1 Å². The van der Waals surface area contributed by atoms with Gasteiger partial charge in [-0.25, -0.2) is 4.99 Å². The standard InChI is InChI=1S/C17H26N4/c1-2-18-16(20-12-15-6-3-4-11-19-15)21-13-17(9-5-10-17)14-7-8-14/h3-4,6,11,14H,2,5,7-10,12-13H2,1H3,(H2,18,20,21). The highest BCUT2D eigenvalue weighted by Crippen LogP contribution is 2.56. The van der Waals surface area contributed by atoms with Gasteiger partial charge in [-0.15, -0.1) is 0 Å². The Hall–Kier alpha value is -1.58. The molecule has 0 spiro atoms. The molecule has 0 amide bonds. The van der Waals surface area contributed by atoms with Crippen LogP contribution in [0.25, 0.3) is 0 Å². The lowest BCUT2D eigenvalue weighted by Crippen LogP contribution is -2.47. The Labute approximate surface area is 127 Å². The monoisotopic (exact) mass is 286 g/mol. The Balaban J connectivity index is 1.56. The van der Waals surface area contributed by atoms with E-state index in [4.69, 9.17) is 0 Å². The largest absolute Gasteiger partial charge is 0.357 e. The van der Waals surface area contributed by atoms with Crippen molar-refractivity contribution in [3.63, 3.8) is 0 Å². The van der Waals surface area contributed by atoms with Gasteiger partial charge in [0.2, 0.25) is 0 Å². The van der Waals surface area contributed by atoms with Crippen LogP contribution in [0.5, 0.6) is 0 Å². The minimum Gasteiger partial charge on any atom is -0.357 e. The Morgan fingerprint density at radius 3 is 2.76 bits per heavy atom. The van der Waals surface area contributed by atoms with E-state index in [-0.39, 0.29) is 0 Å². The molecular weight excluding hydrogens is 260 g/mol. The van der Waals surface area contributed by atoms with E-state index in [9.17, 15) is 0 Å². The van der Waals surface area contributed by atoms with Gasteiger partial charge in [0.15, 0.2) is 5.96 Å². The van der Waals surface area contributed by atoms with Crippen LogP contribution in [0.2, 0.25) is 0 Å². The molecule has 0 bridgehead atoms. The lowest BCUT2D eigenvalue weighted by molar-refractivity contribution is 0.106. The summed E-state index contributed by atoms with van der Waals surface area (Å²) in [5.41, 5.74) is 1.58. The summed E-state index contributed by atoms with van der Waals surface area (Å²) in [4.78, 5) is 8.98. The number of nitrogens with one attached hydrogen (secondary N) is 2. The fraction of sp³-hybridized carbons (Fsp3) is 0.647. The van der Waals surface area contributed by atoms with Crippen LogP contribution in [0.1, 0.15) is 44.7 Å². The van der Waals surface area contributed by atoms with E-state index in [0.717, 1.165) is 30.7 Å². The molecule has 2 fully saturated rings. The number of nitrogens with zero attached hydrogens (tertiary/aromatic N) is 2. The molecule has 2 N–H and O–H groups in total. The highest BCUT2D eigenvalue weighted by Gasteiger charge is 2.48. The van der Waals surface area contributed by atoms with Gasteiger partial charge in [0.1, 0.15) is 0 Å². The summed E-state index contributed by atoms with van der Waals surface area (Å²) in [6, 6.07) is 5.96. The fourth-order valence-electron chi connectivity index (χ4n) is 3.31. The molecule has 1 aromatic heterocycles. The highest BCUT2D eigenvalue weighted by atomic mass is 15.2. The molecule has 0 radical (unpaired) electrons. The van der Waals surface area contributed by atoms with Gasteiger partial charge in [0.05, 0.1) is 12.2 Å². The molecular formula is C17H26N4. The van der Waals surface area contributed by atoms with Crippen molar-refractivity contribution in [1.82, 2.24) is 15.6 Å². The Bertz CT molecular complexity index is 475. The Morgan fingerprint density at radius 2 is 2.19 bits per heavy atom. The van der Waals surface area contributed by atoms with E-state index in [0.29, 0.717) is 12.0 Å². The van der Waals surface area contributed by atoms with Crippen LogP contribution in [-0.4, -0.2) is 24.0 Å². The van der Waals surface area contributed by atoms with Crippen molar-refractivity contribution in [3.8, 4) is 0 Å². The quantitative estimate of drug-likeness (QED) is 0.624. The van der Waals surface area contributed by atoms with Gasteiger partial charge in [0, 0.05) is 19.3 Å². The summed E-state index contributed by atoms with van der Waals surface area (Å²) >= 11 is 0. The zero-order valence-corrected chi connectivity index (χ0v) is 12.9. The van der Waals surface area contributed by atoms with Crippen molar-refractivity contribution in [2.45, 2.75) is 45.6 Å². The molecule has 2 saturated carbocycles. The van der Waals surface area contributed by atoms with Crippen LogP contribution in [0, 0.1) is 11.3 Å². The van der Waals surface area contributed by atoms with Crippen LogP contribution in [0.3, 0.4) is 0 Å². The van der Waals surface area contributed by atoms with E-state index < -0.39 is 0 Å². The first-order valence-corrected chi connectivity index (χ1v) is 8.24. The van der Waals surface area contributed by atoms with Crippen molar-refractivity contribution in [2.24, 2.45) is 16.3 Å². The topological polar surface area (TPSA) is 49.3 Å². The van der Waals surface area contributed by atoms with Crippen molar-refractivity contribution in [2.75, 3.05) is 13.1 Å². The maximum atomic E-state index is 4.66. The van der Waals surface area contributed by atoms with Gasteiger partial charge >= 0.3 is 0 Å². The molecule has 0 aliphatic heterocycles. The Kier molecular flexibility index (Phi) is 4.42. The zero-order chi connectivity index (χ0) is 14.5. The maximum Gasteiger partial charge on any atom is 0.191 e. The molecule has 1 aromatic rings. The molecule has 2 aliphatic carbocycles. The third-order valence-electron chi connectivity index (χ3n) is 4.87. The average Bonchev–Trinajstić information content (AvgIpc) is 3.29. The van der Waals surface area contributed by atoms with Gasteiger partial charge in [-0.2, -0.15) is 0 Å². The van der Waals surface area contributed by atoms with Gasteiger partial charge in [-0.05, 0) is 56.1 Å². The number of guanidine groups is 1. The molecule has 1 heterocycles. The summed E-state index contributed by atoms with van der Waals surface area (Å²) in [6.07, 6.45) is 8.88. The number of aromatic nitrogens is 1. The van der Waals surface area contributed by atoms with Gasteiger partial charge in [-0.1, -0.05) is 12.5 Å². The normalized spacial score (nSPS) is 20.7. The molecule has 2 aliphatic rings. The maximum absolute atomic E-state index is 4.66. The first-order valence-electron chi connectivity index (χ1n) is 8.24. The molecule has 0 saturated heterocycles. The predicted octanol–water partition coefficient (Wildman–Crippen LogP) is 2.72. The first kappa shape index (κ1) is 14.4. The summed E-state index contributed by atoms with van der Waals surface area (Å²) in [6.45, 7) is 4.71. The molecule has 3 rings (SSSR count). The minimum absolute atomic E-state index is 0.571. The van der Waals surface area contributed by atoms with E-state index >= 15 is 0 Å². The van der Waals surface area contributed by atoms with Crippen molar-refractivity contribution >= 4 is 5.96 Å². The second-order valence-electron chi connectivity index (χ2n) is 6.36. The summed E-state index contributed by atoms with van der Waals surface area (Å²) in [7, 11) is 0. The van der Waals surface area contributed by atoms with Gasteiger partial charge in [0.25, 0.3) is 0 Å². The molecule has 0 unspecified atom stereocenters. The minimum atomic E-state index is 0.571. The number of hydrogen-bond donors (Lipinski definition) is 2.